The van der Waals surface area contributed by atoms with E-state index in [-0.39, 0.29) is 24.4 Å². The monoisotopic (exact) mass is 499 g/mol. The summed E-state index contributed by atoms with van der Waals surface area (Å²) in [4.78, 5) is 43.3. The molecule has 2 aromatic rings. The molecule has 11 heteroatoms. The van der Waals surface area contributed by atoms with Gasteiger partial charge in [0.1, 0.15) is 23.5 Å². The van der Waals surface area contributed by atoms with Crippen LogP contribution < -0.4 is 15.4 Å². The molecule has 6 rings (SSSR count). The molecule has 3 amide bonds. The van der Waals surface area contributed by atoms with Crippen molar-refractivity contribution in [3.63, 3.8) is 0 Å². The number of aromatic nitrogens is 1. The second-order valence-corrected chi connectivity index (χ2v) is 9.77. The first-order valence-electron chi connectivity index (χ1n) is 12.1. The van der Waals surface area contributed by atoms with E-state index in [0.717, 1.165) is 0 Å². The highest BCUT2D eigenvalue weighted by atomic mass is 19.3. The van der Waals surface area contributed by atoms with Crippen LogP contribution in [0.25, 0.3) is 10.9 Å². The molecular formula is C25H27F2N5O4. The molecule has 3 aliphatic heterocycles. The highest BCUT2D eigenvalue weighted by molar-refractivity contribution is 6.02. The molecule has 3 N–H and O–H groups in total. The minimum Gasteiger partial charge on any atom is -0.496 e. The zero-order valence-corrected chi connectivity index (χ0v) is 19.7. The van der Waals surface area contributed by atoms with Crippen molar-refractivity contribution in [2.45, 2.75) is 56.2 Å². The van der Waals surface area contributed by atoms with Crippen molar-refractivity contribution in [1.82, 2.24) is 20.5 Å². The Morgan fingerprint density at radius 3 is 2.81 bits per heavy atom. The third-order valence-electron chi connectivity index (χ3n) is 7.67. The number of nitrogens with zero attached hydrogens (tertiary/aromatic N) is 2. The molecule has 0 unspecified atom stereocenters. The Labute approximate surface area is 206 Å². The zero-order chi connectivity index (χ0) is 25.6. The van der Waals surface area contributed by atoms with Gasteiger partial charge >= 0.3 is 0 Å². The van der Waals surface area contributed by atoms with Crippen LogP contribution in [0.4, 0.5) is 8.78 Å². The number of carbonyl (C=O) groups excluding carboxylic acids is 3. The van der Waals surface area contributed by atoms with Gasteiger partial charge in [0.15, 0.2) is 0 Å². The molecule has 36 heavy (non-hydrogen) atoms. The van der Waals surface area contributed by atoms with Crippen molar-refractivity contribution < 1.29 is 27.9 Å². The van der Waals surface area contributed by atoms with E-state index in [1.54, 1.807) is 24.3 Å². The van der Waals surface area contributed by atoms with Crippen LogP contribution in [0.3, 0.4) is 0 Å². The number of piperidine rings is 2. The first-order chi connectivity index (χ1) is 17.2. The summed E-state index contributed by atoms with van der Waals surface area (Å²) in [5.41, 5.74) is 0.813. The predicted molar refractivity (Wildman–Crippen MR) is 124 cm³/mol. The van der Waals surface area contributed by atoms with E-state index < -0.39 is 54.1 Å². The van der Waals surface area contributed by atoms with E-state index in [2.05, 4.69) is 15.6 Å². The average molecular weight is 500 g/mol. The maximum atomic E-state index is 15.0. The lowest BCUT2D eigenvalue weighted by molar-refractivity contribution is -0.179. The van der Waals surface area contributed by atoms with Crippen LogP contribution in [0.15, 0.2) is 24.3 Å². The number of benzene rings is 1. The van der Waals surface area contributed by atoms with Crippen LogP contribution in [0.2, 0.25) is 0 Å². The van der Waals surface area contributed by atoms with Crippen molar-refractivity contribution in [2.75, 3.05) is 13.7 Å². The Hall–Kier alpha value is -3.68. The van der Waals surface area contributed by atoms with Gasteiger partial charge < -0.3 is 25.3 Å². The van der Waals surface area contributed by atoms with E-state index in [9.17, 15) is 28.4 Å². The number of fused-ring (bicyclic) bond motifs is 4. The minimum atomic E-state index is -3.11. The number of nitrogens with one attached hydrogen (secondary N) is 3. The van der Waals surface area contributed by atoms with Gasteiger partial charge in [-0.05, 0) is 43.9 Å². The minimum absolute atomic E-state index is 0.0844. The van der Waals surface area contributed by atoms with E-state index in [1.807, 2.05) is 6.07 Å². The van der Waals surface area contributed by atoms with Gasteiger partial charge in [0.25, 0.3) is 11.8 Å². The number of amides is 3. The molecule has 4 heterocycles. The zero-order valence-electron chi connectivity index (χ0n) is 19.7. The second kappa shape index (κ2) is 9.08. The van der Waals surface area contributed by atoms with Gasteiger partial charge in [-0.25, -0.2) is 8.78 Å². The molecular weight excluding hydrogens is 472 g/mol. The first-order valence-corrected chi connectivity index (χ1v) is 12.1. The molecule has 1 aromatic heterocycles. The van der Waals surface area contributed by atoms with Crippen molar-refractivity contribution >= 4 is 28.6 Å². The number of hydrogen-bond acceptors (Lipinski definition) is 5. The van der Waals surface area contributed by atoms with Crippen LogP contribution in [0.1, 0.15) is 42.6 Å². The quantitative estimate of drug-likeness (QED) is 0.562. The standard InChI is InChI=1S/C25H27F2N5O4/c1-36-20-4-2-3-18-16(20)10-19(31-18)24(35)32-15-5-6-17(25(26,27)11-15)21(32)23(34)30-14(12-28)9-13-7-8-29-22(13)33/h2-4,10,13-15,17,21,31H,5-9,11H2,1H3,(H,29,33)(H,30,34)/t13-,14+,15-,17-,21+/m1/s1. The average Bonchev–Trinajstić information content (AvgIpc) is 3.48. The van der Waals surface area contributed by atoms with Gasteiger partial charge in [0.2, 0.25) is 11.8 Å². The number of carbonyl (C=O) groups is 3. The molecule has 0 spiro atoms. The van der Waals surface area contributed by atoms with Crippen LogP contribution in [0.5, 0.6) is 5.75 Å². The highest BCUT2D eigenvalue weighted by Gasteiger charge is 2.60. The topological polar surface area (TPSA) is 127 Å². The lowest BCUT2D eigenvalue weighted by atomic mass is 9.71. The number of ether oxygens (including phenoxy) is 1. The van der Waals surface area contributed by atoms with Gasteiger partial charge in [-0.2, -0.15) is 5.26 Å². The first kappa shape index (κ1) is 24.0. The molecule has 2 bridgehead atoms. The summed E-state index contributed by atoms with van der Waals surface area (Å²) in [6.07, 6.45) is 0.570. The Morgan fingerprint density at radius 1 is 1.33 bits per heavy atom. The normalized spacial score (nSPS) is 27.4. The molecule has 4 aliphatic rings. The van der Waals surface area contributed by atoms with Crippen molar-refractivity contribution in [1.29, 1.82) is 5.26 Å². The summed E-state index contributed by atoms with van der Waals surface area (Å²) in [5, 5.41) is 15.5. The largest absolute Gasteiger partial charge is 0.496 e. The molecule has 0 radical (unpaired) electrons. The summed E-state index contributed by atoms with van der Waals surface area (Å²) in [7, 11) is 1.51. The van der Waals surface area contributed by atoms with Crippen LogP contribution in [-0.2, 0) is 9.59 Å². The van der Waals surface area contributed by atoms with Crippen LogP contribution in [-0.4, -0.2) is 65.3 Å². The summed E-state index contributed by atoms with van der Waals surface area (Å²) in [5.74, 6) is -5.90. The van der Waals surface area contributed by atoms with Gasteiger partial charge in [0.05, 0.1) is 19.1 Å². The maximum absolute atomic E-state index is 15.0. The summed E-state index contributed by atoms with van der Waals surface area (Å²) < 4.78 is 35.3. The smallest absolute Gasteiger partial charge is 0.271 e. The number of hydrogen-bond donors (Lipinski definition) is 3. The molecule has 1 saturated carbocycles. The Balaban J connectivity index is 1.43. The van der Waals surface area contributed by atoms with Crippen LogP contribution in [0, 0.1) is 23.2 Å². The molecule has 4 fully saturated rings. The van der Waals surface area contributed by atoms with E-state index >= 15 is 0 Å². The van der Waals surface area contributed by atoms with E-state index in [4.69, 9.17) is 4.74 Å². The molecule has 190 valence electrons. The number of H-pyrrole nitrogens is 1. The maximum Gasteiger partial charge on any atom is 0.271 e. The van der Waals surface area contributed by atoms with Gasteiger partial charge in [-0.1, -0.05) is 6.07 Å². The van der Waals surface area contributed by atoms with Crippen molar-refractivity contribution in [3.8, 4) is 11.8 Å². The van der Waals surface area contributed by atoms with Gasteiger partial charge in [-0.15, -0.1) is 0 Å². The molecule has 9 nitrogen and oxygen atoms in total. The highest BCUT2D eigenvalue weighted by Crippen LogP contribution is 2.49. The number of halogens is 2. The molecule has 1 aliphatic carbocycles. The SMILES string of the molecule is COc1cccc2[nH]c(C(=O)N3[C@@H]4CC[C@H]([C@H]3C(=O)N[C@H](C#N)C[C@H]3CCNC3=O)C(F)(F)C4)cc12. The van der Waals surface area contributed by atoms with Gasteiger partial charge in [0, 0.05) is 35.8 Å². The van der Waals surface area contributed by atoms with E-state index in [1.165, 1.54) is 12.0 Å². The molecule has 3 saturated heterocycles. The Bertz CT molecular complexity index is 1250. The number of alkyl halides is 2. The fraction of sp³-hybridized carbons (Fsp3) is 0.520. The number of rotatable bonds is 6. The van der Waals surface area contributed by atoms with Crippen molar-refractivity contribution in [2.24, 2.45) is 11.8 Å². The fourth-order valence-electron chi connectivity index (χ4n) is 5.91. The summed E-state index contributed by atoms with van der Waals surface area (Å²) in [6.45, 7) is 0.492. The van der Waals surface area contributed by atoms with Crippen LogP contribution >= 0.6 is 0 Å². The summed E-state index contributed by atoms with van der Waals surface area (Å²) in [6, 6.07) is 5.57. The Morgan fingerprint density at radius 2 is 2.14 bits per heavy atom. The number of methoxy groups -OCH3 is 1. The number of aromatic amines is 1. The summed E-state index contributed by atoms with van der Waals surface area (Å²) >= 11 is 0. The molecule has 1 aromatic carbocycles. The fourth-order valence-corrected chi connectivity index (χ4v) is 5.91. The lowest BCUT2D eigenvalue weighted by Gasteiger charge is -2.53. The van der Waals surface area contributed by atoms with Gasteiger partial charge in [-0.3, -0.25) is 14.4 Å². The predicted octanol–water partition coefficient (Wildman–Crippen LogP) is 2.34. The third kappa shape index (κ3) is 4.04. The third-order valence-corrected chi connectivity index (χ3v) is 7.67. The lowest BCUT2D eigenvalue weighted by Crippen LogP contribution is -2.68. The Kier molecular flexibility index (Phi) is 6.06. The molecule has 5 atom stereocenters. The second-order valence-electron chi connectivity index (χ2n) is 9.77. The van der Waals surface area contributed by atoms with Crippen molar-refractivity contribution in [3.05, 3.63) is 30.0 Å². The van der Waals surface area contributed by atoms with E-state index in [0.29, 0.717) is 36.0 Å². The number of nitriles is 1.